The zero-order valence-electron chi connectivity index (χ0n) is 23.9. The first-order chi connectivity index (χ1) is 18.0. The molecule has 2 heterocycles. The lowest BCUT2D eigenvalue weighted by molar-refractivity contribution is -0.130. The van der Waals surface area contributed by atoms with Gasteiger partial charge in [0.15, 0.2) is 0 Å². The number of thiazole rings is 1. The number of carbonyl (C=O) groups excluding carboxylic acids is 3. The highest BCUT2D eigenvalue weighted by atomic mass is 32.1. The lowest BCUT2D eigenvalue weighted by atomic mass is 10.1. The van der Waals surface area contributed by atoms with E-state index in [2.05, 4.69) is 48.5 Å². The van der Waals surface area contributed by atoms with Crippen LogP contribution in [0.5, 0.6) is 0 Å². The van der Waals surface area contributed by atoms with Gasteiger partial charge in [0.1, 0.15) is 0 Å². The predicted octanol–water partition coefficient (Wildman–Crippen LogP) is 3.78. The number of amides is 3. The van der Waals surface area contributed by atoms with Gasteiger partial charge in [0.2, 0.25) is 18.7 Å². The van der Waals surface area contributed by atoms with Gasteiger partial charge in [-0.3, -0.25) is 14.4 Å². The Labute approximate surface area is 232 Å². The number of ether oxygens (including phenoxy) is 1. The van der Waals surface area contributed by atoms with Crippen molar-refractivity contribution in [3.63, 3.8) is 0 Å². The van der Waals surface area contributed by atoms with E-state index in [0.717, 1.165) is 23.8 Å². The van der Waals surface area contributed by atoms with Crippen molar-refractivity contribution >= 4 is 30.1 Å². The third-order valence-electron chi connectivity index (χ3n) is 4.70. The Kier molecular flexibility index (Phi) is 19.6. The number of aryl methyl sites for hydroxylation is 1. The fourth-order valence-corrected chi connectivity index (χ4v) is 3.87. The minimum Gasteiger partial charge on any atom is -0.391 e. The molecule has 3 N–H and O–H groups in total. The van der Waals surface area contributed by atoms with E-state index in [4.69, 9.17) is 9.84 Å². The average Bonchev–Trinajstić information content (AvgIpc) is 3.50. The highest BCUT2D eigenvalue weighted by molar-refractivity contribution is 7.13. The molecule has 9 nitrogen and oxygen atoms in total. The summed E-state index contributed by atoms with van der Waals surface area (Å²) in [5, 5.41) is 14.0. The number of hydrogen-bond acceptors (Lipinski definition) is 7. The number of nitrogens with zero attached hydrogens (tertiary/aromatic N) is 2. The quantitative estimate of drug-likeness (QED) is 0.409. The van der Waals surface area contributed by atoms with E-state index in [1.54, 1.807) is 16.2 Å². The van der Waals surface area contributed by atoms with Crippen molar-refractivity contribution in [3.05, 3.63) is 41.0 Å². The lowest BCUT2D eigenvalue weighted by Crippen LogP contribution is -2.36. The van der Waals surface area contributed by atoms with E-state index in [0.29, 0.717) is 45.0 Å². The van der Waals surface area contributed by atoms with Crippen molar-refractivity contribution in [1.82, 2.24) is 20.5 Å². The fraction of sp³-hybridized carbons (Fsp3) is 0.571. The van der Waals surface area contributed by atoms with Crippen molar-refractivity contribution in [3.8, 4) is 10.4 Å². The third kappa shape index (κ3) is 16.8. The summed E-state index contributed by atoms with van der Waals surface area (Å²) in [6, 6.07) is 8.15. The maximum atomic E-state index is 11.1. The molecule has 38 heavy (non-hydrogen) atoms. The number of rotatable bonds is 9. The Morgan fingerprint density at radius 2 is 1.76 bits per heavy atom. The van der Waals surface area contributed by atoms with E-state index in [1.165, 1.54) is 10.4 Å². The lowest BCUT2D eigenvalue weighted by Gasteiger charge is -2.14. The van der Waals surface area contributed by atoms with Gasteiger partial charge in [-0.1, -0.05) is 45.0 Å². The normalized spacial score (nSPS) is 13.8. The van der Waals surface area contributed by atoms with Crippen molar-refractivity contribution in [2.24, 2.45) is 5.92 Å². The molecule has 2 aromatic rings. The van der Waals surface area contributed by atoms with Gasteiger partial charge in [-0.15, -0.1) is 11.3 Å². The topological polar surface area (TPSA) is 121 Å². The number of likely N-dealkylation sites (tertiary alicyclic amines) is 1. The smallest absolute Gasteiger partial charge is 0.242 e. The highest BCUT2D eigenvalue weighted by Crippen LogP contribution is 2.27. The number of hydrogen-bond donors (Lipinski definition) is 3. The molecule has 1 atom stereocenters. The molecule has 1 aliphatic rings. The highest BCUT2D eigenvalue weighted by Gasteiger charge is 2.23. The number of benzene rings is 1. The van der Waals surface area contributed by atoms with Crippen LogP contribution < -0.4 is 10.6 Å². The standard InChI is InChI=1S/C12H12N2OS.C7H12N2O3.C5H12O.C4H10/c1-9-12(16-8-14-9)11-4-2-10(3-5-11)6-13-7-15;10-5-8-3-7(12)9-2-1-6(11)4-9;1-4-6-5(2)3;1-4(2)3/h2-5,7-8H,6H2,1H3,(H,13,15);5-6,11H,1-4H2,(H,8,10);5H,4H2,1-3H3;4H,1-3H3. The average molecular weight is 551 g/mol. The van der Waals surface area contributed by atoms with Crippen molar-refractivity contribution in [2.45, 2.75) is 73.6 Å². The summed E-state index contributed by atoms with van der Waals surface area (Å²) >= 11 is 1.64. The summed E-state index contributed by atoms with van der Waals surface area (Å²) in [7, 11) is 0. The van der Waals surface area contributed by atoms with Crippen LogP contribution >= 0.6 is 11.3 Å². The summed E-state index contributed by atoms with van der Waals surface area (Å²) in [5.74, 6) is 0.693. The molecule has 0 radical (unpaired) electrons. The van der Waals surface area contributed by atoms with Crippen LogP contribution in [0.15, 0.2) is 29.8 Å². The molecule has 0 bridgehead atoms. The van der Waals surface area contributed by atoms with Crippen LogP contribution in [0.2, 0.25) is 0 Å². The minimum atomic E-state index is -0.398. The molecule has 0 aliphatic carbocycles. The van der Waals surface area contributed by atoms with Gasteiger partial charge in [-0.2, -0.15) is 0 Å². The minimum absolute atomic E-state index is 0.0240. The maximum absolute atomic E-state index is 11.1. The van der Waals surface area contributed by atoms with Gasteiger partial charge < -0.3 is 25.4 Å². The van der Waals surface area contributed by atoms with Gasteiger partial charge in [-0.25, -0.2) is 4.98 Å². The Morgan fingerprint density at radius 1 is 1.16 bits per heavy atom. The number of aromatic nitrogens is 1. The molecule has 3 amide bonds. The molecule has 1 aromatic heterocycles. The largest absolute Gasteiger partial charge is 0.391 e. The third-order valence-corrected chi connectivity index (χ3v) is 5.68. The molecule has 0 spiro atoms. The van der Waals surface area contributed by atoms with Crippen LogP contribution in [0.1, 0.15) is 59.2 Å². The Balaban J connectivity index is 0.000000547. The molecular weight excluding hydrogens is 504 g/mol. The van der Waals surface area contributed by atoms with Gasteiger partial charge in [0.05, 0.1) is 34.8 Å². The zero-order chi connectivity index (χ0) is 28.9. The maximum Gasteiger partial charge on any atom is 0.242 e. The molecule has 1 fully saturated rings. The predicted molar refractivity (Wildman–Crippen MR) is 154 cm³/mol. The van der Waals surface area contributed by atoms with Crippen molar-refractivity contribution in [1.29, 1.82) is 0 Å². The van der Waals surface area contributed by atoms with Crippen molar-refractivity contribution < 1.29 is 24.2 Å². The fourth-order valence-electron chi connectivity index (χ4n) is 3.05. The number of carbonyl (C=O) groups is 3. The Morgan fingerprint density at radius 3 is 2.16 bits per heavy atom. The number of aliphatic hydroxyl groups is 1. The number of aliphatic hydroxyl groups excluding tert-OH is 1. The molecule has 1 saturated heterocycles. The Bertz CT molecular complexity index is 900. The van der Waals surface area contributed by atoms with E-state index >= 15 is 0 Å². The molecule has 10 heteroatoms. The van der Waals surface area contributed by atoms with Crippen LogP contribution in [-0.4, -0.2) is 72.2 Å². The molecule has 214 valence electrons. The summed E-state index contributed by atoms with van der Waals surface area (Å²) < 4.78 is 5.04. The second kappa shape index (κ2) is 21.2. The first-order valence-corrected chi connectivity index (χ1v) is 13.8. The number of nitrogens with one attached hydrogen (secondary N) is 2. The second-order valence-corrected chi connectivity index (χ2v) is 10.3. The van der Waals surface area contributed by atoms with E-state index in [9.17, 15) is 14.4 Å². The molecule has 1 aromatic carbocycles. The molecule has 3 rings (SSSR count). The molecule has 1 unspecified atom stereocenters. The van der Waals surface area contributed by atoms with Crippen LogP contribution in [0, 0.1) is 12.8 Å². The monoisotopic (exact) mass is 550 g/mol. The second-order valence-electron chi connectivity index (χ2n) is 9.48. The molecular formula is C28H46N4O5S. The van der Waals surface area contributed by atoms with Crippen molar-refractivity contribution in [2.75, 3.05) is 26.2 Å². The van der Waals surface area contributed by atoms with Crippen LogP contribution in [0.25, 0.3) is 10.4 Å². The molecule has 0 saturated carbocycles. The number of β-amino-alcohol motifs (C(OH)–C–C–N with tert-alkyl or cyclic N) is 1. The van der Waals surface area contributed by atoms with Gasteiger partial charge in [0, 0.05) is 26.2 Å². The van der Waals surface area contributed by atoms with Crippen LogP contribution in [0.3, 0.4) is 0 Å². The first-order valence-electron chi connectivity index (χ1n) is 13.0. The van der Waals surface area contributed by atoms with Gasteiger partial charge >= 0.3 is 0 Å². The first kappa shape index (κ1) is 35.2. The summed E-state index contributed by atoms with van der Waals surface area (Å²) in [6.45, 7) is 17.0. The SMILES string of the molecule is CC(C)C.CCOC(C)C.Cc1ncsc1-c1ccc(CNC=O)cc1.O=CNCC(=O)N1CCC(O)C1. The summed E-state index contributed by atoms with van der Waals surface area (Å²) in [5.41, 5.74) is 5.18. The zero-order valence-corrected chi connectivity index (χ0v) is 24.7. The van der Waals surface area contributed by atoms with E-state index in [-0.39, 0.29) is 12.5 Å². The summed E-state index contributed by atoms with van der Waals surface area (Å²) in [4.78, 5) is 38.1. The molecule has 1 aliphatic heterocycles. The van der Waals surface area contributed by atoms with Gasteiger partial charge in [-0.05, 0) is 51.2 Å². The van der Waals surface area contributed by atoms with Crippen LogP contribution in [-0.2, 0) is 25.7 Å². The van der Waals surface area contributed by atoms with E-state index in [1.807, 2.05) is 45.3 Å². The Hall–Kier alpha value is -2.82. The van der Waals surface area contributed by atoms with Crippen LogP contribution in [0.4, 0.5) is 0 Å². The van der Waals surface area contributed by atoms with Gasteiger partial charge in [0.25, 0.3) is 0 Å². The summed E-state index contributed by atoms with van der Waals surface area (Å²) in [6.07, 6.45) is 1.83. The van der Waals surface area contributed by atoms with E-state index < -0.39 is 6.10 Å².